The number of hydrogen-bond donors (Lipinski definition) is 1. The van der Waals surface area contributed by atoms with E-state index in [4.69, 9.17) is 14.2 Å². The average molecular weight is 367 g/mol. The Hall–Kier alpha value is -0.940. The Morgan fingerprint density at radius 1 is 1.04 bits per heavy atom. The van der Waals surface area contributed by atoms with Crippen LogP contribution in [0.5, 0.6) is 0 Å². The molecule has 3 atom stereocenters. The zero-order valence-corrected chi connectivity index (χ0v) is 17.3. The Kier molecular flexibility index (Phi) is 13.5. The number of rotatable bonds is 16. The molecule has 26 heavy (non-hydrogen) atoms. The maximum atomic E-state index is 6.02. The first-order chi connectivity index (χ1) is 12.7. The SMILES string of the molecule is CCCCC(CC)COCC(C[NH+](CCOC)Cc1ccccc1)OC. The number of methoxy groups -OCH3 is 2. The summed E-state index contributed by atoms with van der Waals surface area (Å²) < 4.78 is 17.0. The maximum Gasteiger partial charge on any atom is 0.129 e. The topological polar surface area (TPSA) is 32.1 Å². The van der Waals surface area contributed by atoms with E-state index in [-0.39, 0.29) is 6.10 Å². The molecule has 0 saturated carbocycles. The molecule has 0 radical (unpaired) electrons. The molecular weight excluding hydrogens is 326 g/mol. The van der Waals surface area contributed by atoms with E-state index in [2.05, 4.69) is 44.2 Å². The van der Waals surface area contributed by atoms with Crippen LogP contribution >= 0.6 is 0 Å². The first-order valence-corrected chi connectivity index (χ1v) is 10.2. The second kappa shape index (κ2) is 15.2. The summed E-state index contributed by atoms with van der Waals surface area (Å²) in [4.78, 5) is 1.46. The summed E-state index contributed by atoms with van der Waals surface area (Å²) in [5.41, 5.74) is 1.35. The van der Waals surface area contributed by atoms with Crippen molar-refractivity contribution in [3.63, 3.8) is 0 Å². The number of quaternary nitrogens is 1. The minimum absolute atomic E-state index is 0.120. The molecule has 0 aromatic heterocycles. The predicted molar refractivity (Wildman–Crippen MR) is 108 cm³/mol. The van der Waals surface area contributed by atoms with Crippen molar-refractivity contribution in [3.05, 3.63) is 35.9 Å². The lowest BCUT2D eigenvalue weighted by Gasteiger charge is -2.25. The quantitative estimate of drug-likeness (QED) is 0.488. The Morgan fingerprint density at radius 3 is 2.42 bits per heavy atom. The highest BCUT2D eigenvalue weighted by Crippen LogP contribution is 2.13. The molecule has 4 heteroatoms. The summed E-state index contributed by atoms with van der Waals surface area (Å²) in [6.45, 7) is 9.67. The van der Waals surface area contributed by atoms with Crippen LogP contribution in [0.25, 0.3) is 0 Å². The van der Waals surface area contributed by atoms with Crippen LogP contribution in [0.1, 0.15) is 45.1 Å². The lowest BCUT2D eigenvalue weighted by atomic mass is 10.0. The van der Waals surface area contributed by atoms with Crippen molar-refractivity contribution in [1.82, 2.24) is 0 Å². The van der Waals surface area contributed by atoms with Crippen LogP contribution in [-0.4, -0.2) is 53.2 Å². The summed E-state index contributed by atoms with van der Waals surface area (Å²) in [6.07, 6.45) is 5.13. The number of unbranched alkanes of at least 4 members (excludes halogenated alkanes) is 1. The molecule has 3 unspecified atom stereocenters. The molecule has 150 valence electrons. The van der Waals surface area contributed by atoms with E-state index in [1.165, 1.54) is 36.1 Å². The Balaban J connectivity index is 2.46. The van der Waals surface area contributed by atoms with Crippen LogP contribution in [0.2, 0.25) is 0 Å². The van der Waals surface area contributed by atoms with Crippen LogP contribution in [0.4, 0.5) is 0 Å². The molecule has 0 heterocycles. The van der Waals surface area contributed by atoms with E-state index in [9.17, 15) is 0 Å². The van der Waals surface area contributed by atoms with Crippen LogP contribution in [0, 0.1) is 5.92 Å². The summed E-state index contributed by atoms with van der Waals surface area (Å²) in [5, 5.41) is 0. The number of ether oxygens (including phenoxy) is 3. The van der Waals surface area contributed by atoms with Gasteiger partial charge in [-0.1, -0.05) is 63.4 Å². The van der Waals surface area contributed by atoms with Crippen molar-refractivity contribution in [3.8, 4) is 0 Å². The van der Waals surface area contributed by atoms with Crippen molar-refractivity contribution in [2.45, 2.75) is 52.2 Å². The Labute approximate surface area is 160 Å². The second-order valence-corrected chi connectivity index (χ2v) is 7.17. The summed E-state index contributed by atoms with van der Waals surface area (Å²) in [6, 6.07) is 10.6. The molecule has 0 amide bonds. The van der Waals surface area contributed by atoms with Gasteiger partial charge in [-0.2, -0.15) is 0 Å². The van der Waals surface area contributed by atoms with Gasteiger partial charge in [-0.3, -0.25) is 0 Å². The molecule has 0 spiro atoms. The molecule has 1 aromatic rings. The van der Waals surface area contributed by atoms with E-state index >= 15 is 0 Å². The van der Waals surface area contributed by atoms with Crippen LogP contribution in [0.3, 0.4) is 0 Å². The highest BCUT2D eigenvalue weighted by Gasteiger charge is 2.18. The van der Waals surface area contributed by atoms with E-state index in [0.717, 1.165) is 32.8 Å². The largest absolute Gasteiger partial charge is 0.379 e. The fourth-order valence-electron chi connectivity index (χ4n) is 3.19. The van der Waals surface area contributed by atoms with Crippen LogP contribution < -0.4 is 4.90 Å². The molecule has 0 aliphatic rings. The van der Waals surface area contributed by atoms with Crippen LogP contribution in [-0.2, 0) is 20.8 Å². The summed E-state index contributed by atoms with van der Waals surface area (Å²) in [7, 11) is 3.55. The van der Waals surface area contributed by atoms with Gasteiger partial charge in [0.15, 0.2) is 0 Å². The minimum atomic E-state index is 0.120. The molecule has 0 aliphatic carbocycles. The second-order valence-electron chi connectivity index (χ2n) is 7.17. The maximum absolute atomic E-state index is 6.02. The van der Waals surface area contributed by atoms with Gasteiger partial charge in [0.2, 0.25) is 0 Å². The van der Waals surface area contributed by atoms with Gasteiger partial charge in [0, 0.05) is 26.4 Å². The van der Waals surface area contributed by atoms with Gasteiger partial charge in [0.05, 0.1) is 13.2 Å². The normalized spacial score (nSPS) is 14.9. The molecule has 0 bridgehead atoms. The van der Waals surface area contributed by atoms with Gasteiger partial charge < -0.3 is 19.1 Å². The standard InChI is InChI=1S/C22H39NO3/c1-5-7-11-20(6-2)18-26-19-22(25-4)17-23(14-15-24-3)16-21-12-9-8-10-13-21/h8-10,12-13,20,22H,5-7,11,14-19H2,1-4H3/p+1. The average Bonchev–Trinajstić information content (AvgIpc) is 2.68. The Morgan fingerprint density at radius 2 is 1.81 bits per heavy atom. The van der Waals surface area contributed by atoms with Crippen molar-refractivity contribution < 1.29 is 19.1 Å². The minimum Gasteiger partial charge on any atom is -0.379 e. The highest BCUT2D eigenvalue weighted by atomic mass is 16.5. The zero-order chi connectivity index (χ0) is 19.0. The van der Waals surface area contributed by atoms with E-state index in [1.54, 1.807) is 14.2 Å². The fourth-order valence-corrected chi connectivity index (χ4v) is 3.19. The van der Waals surface area contributed by atoms with Crippen molar-refractivity contribution >= 4 is 0 Å². The predicted octanol–water partition coefficient (Wildman–Crippen LogP) is 2.97. The smallest absolute Gasteiger partial charge is 0.129 e. The van der Waals surface area contributed by atoms with Crippen molar-refractivity contribution in [2.24, 2.45) is 5.92 Å². The molecular formula is C22H40NO3+. The molecule has 4 nitrogen and oxygen atoms in total. The van der Waals surface area contributed by atoms with Crippen molar-refractivity contribution in [2.75, 3.05) is 47.1 Å². The third-order valence-electron chi connectivity index (χ3n) is 5.01. The molecule has 0 aliphatic heterocycles. The summed E-state index contributed by atoms with van der Waals surface area (Å²) in [5.74, 6) is 0.675. The van der Waals surface area contributed by atoms with Gasteiger partial charge in [-0.25, -0.2) is 0 Å². The van der Waals surface area contributed by atoms with E-state index < -0.39 is 0 Å². The van der Waals surface area contributed by atoms with Gasteiger partial charge in [-0.05, 0) is 12.3 Å². The van der Waals surface area contributed by atoms with E-state index in [0.29, 0.717) is 12.5 Å². The van der Waals surface area contributed by atoms with E-state index in [1.807, 2.05) is 0 Å². The van der Waals surface area contributed by atoms with Crippen LogP contribution in [0.15, 0.2) is 30.3 Å². The first kappa shape index (κ1) is 23.1. The van der Waals surface area contributed by atoms with Crippen molar-refractivity contribution in [1.29, 1.82) is 0 Å². The highest BCUT2D eigenvalue weighted by molar-refractivity contribution is 5.13. The number of nitrogens with one attached hydrogen (secondary N) is 1. The first-order valence-electron chi connectivity index (χ1n) is 10.2. The molecule has 1 N–H and O–H groups in total. The molecule has 1 rings (SSSR count). The van der Waals surface area contributed by atoms with Gasteiger partial charge >= 0.3 is 0 Å². The lowest BCUT2D eigenvalue weighted by molar-refractivity contribution is -0.917. The molecule has 0 fully saturated rings. The van der Waals surface area contributed by atoms with Gasteiger partial charge in [0.1, 0.15) is 25.7 Å². The molecule has 1 aromatic carbocycles. The Bertz CT molecular complexity index is 427. The lowest BCUT2D eigenvalue weighted by Crippen LogP contribution is -3.12. The third-order valence-corrected chi connectivity index (χ3v) is 5.01. The number of benzene rings is 1. The monoisotopic (exact) mass is 366 g/mol. The zero-order valence-electron chi connectivity index (χ0n) is 17.3. The van der Waals surface area contributed by atoms with Gasteiger partial charge in [-0.15, -0.1) is 0 Å². The fraction of sp³-hybridized carbons (Fsp3) is 0.727. The van der Waals surface area contributed by atoms with Gasteiger partial charge in [0.25, 0.3) is 0 Å². The summed E-state index contributed by atoms with van der Waals surface area (Å²) >= 11 is 0. The number of hydrogen-bond acceptors (Lipinski definition) is 3. The third kappa shape index (κ3) is 10.3. The molecule has 0 saturated heterocycles.